The molecule has 0 radical (unpaired) electrons. The van der Waals surface area contributed by atoms with Crippen LogP contribution in [-0.4, -0.2) is 43.8 Å². The molecule has 4 N–H and O–H groups in total. The van der Waals surface area contributed by atoms with Gasteiger partial charge in [-0.2, -0.15) is 9.97 Å². The van der Waals surface area contributed by atoms with Gasteiger partial charge in [0.2, 0.25) is 11.7 Å². The van der Waals surface area contributed by atoms with Crippen LogP contribution in [0, 0.1) is 0 Å². The highest BCUT2D eigenvalue weighted by Crippen LogP contribution is 2.40. The zero-order chi connectivity index (χ0) is 24.9. The summed E-state index contributed by atoms with van der Waals surface area (Å²) in [6.07, 6.45) is 0. The van der Waals surface area contributed by atoms with E-state index in [-0.39, 0.29) is 52.7 Å². The van der Waals surface area contributed by atoms with Crippen molar-refractivity contribution >= 4 is 21.8 Å². The van der Waals surface area contributed by atoms with Crippen molar-refractivity contribution in [3.8, 4) is 23.1 Å². The summed E-state index contributed by atoms with van der Waals surface area (Å²) < 4.78 is 45.4. The average molecular weight is 489 g/mol. The number of benzene rings is 2. The van der Waals surface area contributed by atoms with Gasteiger partial charge in [-0.05, 0) is 35.2 Å². The molecule has 3 rings (SSSR count). The van der Waals surface area contributed by atoms with E-state index < -0.39 is 10.0 Å². The molecule has 182 valence electrons. The van der Waals surface area contributed by atoms with Gasteiger partial charge in [0.1, 0.15) is 6.61 Å². The van der Waals surface area contributed by atoms with Crippen molar-refractivity contribution in [2.45, 2.75) is 31.1 Å². The van der Waals surface area contributed by atoms with E-state index in [4.69, 9.17) is 19.9 Å². The van der Waals surface area contributed by atoms with E-state index in [9.17, 15) is 13.5 Å². The van der Waals surface area contributed by atoms with Crippen molar-refractivity contribution in [1.82, 2.24) is 9.97 Å². The van der Waals surface area contributed by atoms with Crippen molar-refractivity contribution < 1.29 is 27.7 Å². The van der Waals surface area contributed by atoms with Crippen molar-refractivity contribution in [1.29, 1.82) is 0 Å². The smallest absolute Gasteiger partial charge is 0.265 e. The van der Waals surface area contributed by atoms with E-state index in [0.717, 1.165) is 5.56 Å². The molecule has 0 spiro atoms. The third-order valence-corrected chi connectivity index (χ3v) is 6.08. The van der Waals surface area contributed by atoms with Gasteiger partial charge < -0.3 is 25.1 Å². The van der Waals surface area contributed by atoms with Crippen LogP contribution in [-0.2, 0) is 15.4 Å². The third-order valence-electron chi connectivity index (χ3n) is 4.72. The summed E-state index contributed by atoms with van der Waals surface area (Å²) in [5.74, 6) is -0.108. The lowest BCUT2D eigenvalue weighted by Crippen LogP contribution is -2.17. The number of aliphatic hydroxyl groups excluding tert-OH is 1. The molecule has 0 unspecified atom stereocenters. The number of anilines is 2. The fourth-order valence-corrected chi connectivity index (χ4v) is 3.99. The molecule has 0 bridgehead atoms. The highest BCUT2D eigenvalue weighted by atomic mass is 32.2. The molecule has 0 amide bonds. The highest BCUT2D eigenvalue weighted by Gasteiger charge is 2.25. The quantitative estimate of drug-likeness (QED) is 0.413. The fraction of sp³-hybridized carbons (Fsp3) is 0.304. The van der Waals surface area contributed by atoms with Gasteiger partial charge in [-0.25, -0.2) is 8.42 Å². The van der Waals surface area contributed by atoms with Gasteiger partial charge in [-0.1, -0.05) is 45.0 Å². The van der Waals surface area contributed by atoms with E-state index in [2.05, 4.69) is 14.7 Å². The van der Waals surface area contributed by atoms with Crippen LogP contribution < -0.4 is 24.7 Å². The van der Waals surface area contributed by atoms with Gasteiger partial charge in [-0.3, -0.25) is 4.72 Å². The van der Waals surface area contributed by atoms with Crippen molar-refractivity contribution in [3.63, 3.8) is 0 Å². The lowest BCUT2D eigenvalue weighted by atomic mass is 9.87. The molecule has 10 nitrogen and oxygen atoms in total. The Bertz CT molecular complexity index is 1240. The first kappa shape index (κ1) is 25.1. The molecule has 0 saturated heterocycles. The summed E-state index contributed by atoms with van der Waals surface area (Å²) in [5, 5.41) is 9.17. The number of hydrogen-bond acceptors (Lipinski definition) is 9. The lowest BCUT2D eigenvalue weighted by molar-refractivity contribution is 0.192. The van der Waals surface area contributed by atoms with Crippen molar-refractivity contribution in [2.75, 3.05) is 30.8 Å². The Morgan fingerprint density at radius 3 is 2.26 bits per heavy atom. The summed E-state index contributed by atoms with van der Waals surface area (Å²) in [4.78, 5) is 8.05. The number of nitrogens with zero attached hydrogens (tertiary/aromatic N) is 2. The van der Waals surface area contributed by atoms with Crippen LogP contribution >= 0.6 is 0 Å². The number of ether oxygens (including phenoxy) is 3. The van der Waals surface area contributed by atoms with Gasteiger partial charge in [0.05, 0.1) is 18.6 Å². The Labute approximate surface area is 198 Å². The van der Waals surface area contributed by atoms with E-state index in [1.165, 1.54) is 19.2 Å². The standard InChI is InChI=1S/C23H28N4O6S/c1-23(2,3)15-9-11-16(12-10-15)34(29,30)27-20-19(21(32-14-13-28)26-22(24)25-20)33-18-8-6-5-7-17(18)31-4/h5-12,28H,13-14H2,1-4H3,(H3,24,25,26,27). The predicted molar refractivity (Wildman–Crippen MR) is 128 cm³/mol. The van der Waals surface area contributed by atoms with Gasteiger partial charge in [-0.15, -0.1) is 0 Å². The normalized spacial score (nSPS) is 11.7. The Hall–Kier alpha value is -3.57. The second-order valence-electron chi connectivity index (χ2n) is 8.27. The number of rotatable bonds is 9. The van der Waals surface area contributed by atoms with Gasteiger partial charge >= 0.3 is 0 Å². The van der Waals surface area contributed by atoms with Gasteiger partial charge in [0.15, 0.2) is 17.3 Å². The molecule has 0 fully saturated rings. The van der Waals surface area contributed by atoms with Gasteiger partial charge in [0, 0.05) is 0 Å². The van der Waals surface area contributed by atoms with Crippen LogP contribution in [0.5, 0.6) is 23.1 Å². The van der Waals surface area contributed by atoms with Crippen LogP contribution in [0.3, 0.4) is 0 Å². The number of nitrogens with two attached hydrogens (primary N) is 1. The number of aliphatic hydroxyl groups is 1. The average Bonchev–Trinajstić information content (AvgIpc) is 2.79. The van der Waals surface area contributed by atoms with Crippen molar-refractivity contribution in [2.24, 2.45) is 0 Å². The van der Waals surface area contributed by atoms with E-state index in [0.29, 0.717) is 5.75 Å². The second kappa shape index (κ2) is 10.1. The van der Waals surface area contributed by atoms with Crippen LogP contribution in [0.4, 0.5) is 11.8 Å². The molecule has 0 aliphatic heterocycles. The van der Waals surface area contributed by atoms with E-state index >= 15 is 0 Å². The monoisotopic (exact) mass is 488 g/mol. The largest absolute Gasteiger partial charge is 0.493 e. The Balaban J connectivity index is 2.05. The van der Waals surface area contributed by atoms with Crippen LogP contribution in [0.2, 0.25) is 0 Å². The number of nitrogens with one attached hydrogen (secondary N) is 1. The Morgan fingerprint density at radius 2 is 1.68 bits per heavy atom. The zero-order valence-corrected chi connectivity index (χ0v) is 20.2. The van der Waals surface area contributed by atoms with Crippen LogP contribution in [0.25, 0.3) is 0 Å². The molecule has 3 aromatic rings. The molecule has 1 aromatic heterocycles. The molecule has 2 aromatic carbocycles. The number of hydrogen-bond donors (Lipinski definition) is 3. The molecule has 1 heterocycles. The molecule has 0 saturated carbocycles. The SMILES string of the molecule is COc1ccccc1Oc1c(NS(=O)(=O)c2ccc(C(C)(C)C)cc2)nc(N)nc1OCCO. The molecule has 0 aliphatic rings. The first-order valence-corrected chi connectivity index (χ1v) is 11.9. The first-order chi connectivity index (χ1) is 16.0. The summed E-state index contributed by atoms with van der Waals surface area (Å²) in [5.41, 5.74) is 6.65. The van der Waals surface area contributed by atoms with Crippen LogP contribution in [0.15, 0.2) is 53.4 Å². The maximum absolute atomic E-state index is 13.2. The highest BCUT2D eigenvalue weighted by molar-refractivity contribution is 7.92. The van der Waals surface area contributed by atoms with Gasteiger partial charge in [0.25, 0.3) is 15.9 Å². The summed E-state index contributed by atoms with van der Waals surface area (Å²) in [6, 6.07) is 13.3. The minimum Gasteiger partial charge on any atom is -0.493 e. The van der Waals surface area contributed by atoms with Crippen molar-refractivity contribution in [3.05, 3.63) is 54.1 Å². The minimum atomic E-state index is -4.07. The van der Waals surface area contributed by atoms with E-state index in [1.54, 1.807) is 36.4 Å². The summed E-state index contributed by atoms with van der Waals surface area (Å²) in [7, 11) is -2.60. The Kier molecular flexibility index (Phi) is 7.48. The predicted octanol–water partition coefficient (Wildman–Crippen LogP) is 3.33. The molecular formula is C23H28N4O6S. The second-order valence-corrected chi connectivity index (χ2v) is 9.95. The number of para-hydroxylation sites is 2. The maximum Gasteiger partial charge on any atom is 0.265 e. The first-order valence-electron chi connectivity index (χ1n) is 10.4. The Morgan fingerprint density at radius 1 is 1.03 bits per heavy atom. The third kappa shape index (κ3) is 5.86. The molecule has 0 aliphatic carbocycles. The number of sulfonamides is 1. The van der Waals surface area contributed by atoms with Crippen LogP contribution in [0.1, 0.15) is 26.3 Å². The number of nitrogen functional groups attached to an aromatic ring is 1. The lowest BCUT2D eigenvalue weighted by Gasteiger charge is -2.19. The molecule has 11 heteroatoms. The summed E-state index contributed by atoms with van der Waals surface area (Å²) >= 11 is 0. The maximum atomic E-state index is 13.2. The minimum absolute atomic E-state index is 0.0266. The summed E-state index contributed by atoms with van der Waals surface area (Å²) in [6.45, 7) is 5.67. The molecule has 34 heavy (non-hydrogen) atoms. The fourth-order valence-electron chi connectivity index (χ4n) is 2.98. The number of aromatic nitrogens is 2. The number of methoxy groups -OCH3 is 1. The topological polar surface area (TPSA) is 146 Å². The molecular weight excluding hydrogens is 460 g/mol. The zero-order valence-electron chi connectivity index (χ0n) is 19.4. The van der Waals surface area contributed by atoms with E-state index in [1.807, 2.05) is 20.8 Å². The molecule has 0 atom stereocenters.